The molecule has 0 aliphatic carbocycles. The van der Waals surface area contributed by atoms with Crippen LogP contribution in [0.5, 0.6) is 0 Å². The highest BCUT2D eigenvalue weighted by Crippen LogP contribution is 2.31. The molecular weight excluding hydrogens is 366 g/mol. The minimum absolute atomic E-state index is 0.0491. The van der Waals surface area contributed by atoms with Crippen LogP contribution in [-0.2, 0) is 4.74 Å². The summed E-state index contributed by atoms with van der Waals surface area (Å²) in [5, 5.41) is 13.4. The smallest absolute Gasteiger partial charge is 0.338 e. The molecule has 7 nitrogen and oxygen atoms in total. The molecular formula is C19H17N3O4S. The van der Waals surface area contributed by atoms with Crippen LogP contribution < -0.4 is 4.90 Å². The van der Waals surface area contributed by atoms with Crippen molar-refractivity contribution in [3.05, 3.63) is 69.6 Å². The normalized spacial score (nSPS) is 10.4. The fourth-order valence-corrected chi connectivity index (χ4v) is 3.27. The van der Waals surface area contributed by atoms with Crippen LogP contribution in [0, 0.1) is 10.1 Å². The molecule has 1 heterocycles. The predicted octanol–water partition coefficient (Wildman–Crippen LogP) is 4.66. The first-order chi connectivity index (χ1) is 13.0. The fraction of sp³-hybridized carbons (Fsp3) is 0.158. The lowest BCUT2D eigenvalue weighted by Gasteiger charge is -2.16. The Labute approximate surface area is 160 Å². The van der Waals surface area contributed by atoms with Crippen molar-refractivity contribution >= 4 is 33.8 Å². The number of carbonyl (C=O) groups excluding carboxylic acids is 1. The number of carbonyl (C=O) groups is 1. The van der Waals surface area contributed by atoms with Gasteiger partial charge in [0.2, 0.25) is 0 Å². The van der Waals surface area contributed by atoms with E-state index >= 15 is 0 Å². The fourth-order valence-electron chi connectivity index (χ4n) is 2.45. The molecule has 0 amide bonds. The van der Waals surface area contributed by atoms with Crippen LogP contribution >= 0.6 is 11.3 Å². The van der Waals surface area contributed by atoms with E-state index in [1.54, 1.807) is 31.2 Å². The molecule has 0 radical (unpaired) electrons. The number of nitro groups is 1. The van der Waals surface area contributed by atoms with Crippen molar-refractivity contribution in [3.63, 3.8) is 0 Å². The third kappa shape index (κ3) is 4.12. The Bertz CT molecular complexity index is 952. The number of nitro benzene ring substituents is 1. The predicted molar refractivity (Wildman–Crippen MR) is 105 cm³/mol. The van der Waals surface area contributed by atoms with Gasteiger partial charge in [-0.2, -0.15) is 0 Å². The van der Waals surface area contributed by atoms with E-state index in [4.69, 9.17) is 4.74 Å². The van der Waals surface area contributed by atoms with Crippen LogP contribution in [0.4, 0.5) is 16.5 Å². The van der Waals surface area contributed by atoms with Gasteiger partial charge >= 0.3 is 5.97 Å². The average molecular weight is 383 g/mol. The number of hydrogen-bond donors (Lipinski definition) is 0. The molecule has 0 saturated heterocycles. The molecule has 0 saturated carbocycles. The van der Waals surface area contributed by atoms with Crippen molar-refractivity contribution in [2.45, 2.75) is 6.92 Å². The van der Waals surface area contributed by atoms with Crippen LogP contribution in [0.25, 0.3) is 11.3 Å². The van der Waals surface area contributed by atoms with Gasteiger partial charge in [-0.15, -0.1) is 11.3 Å². The molecule has 8 heteroatoms. The third-order valence-electron chi connectivity index (χ3n) is 3.92. The molecule has 0 fully saturated rings. The average Bonchev–Trinajstić information content (AvgIpc) is 3.18. The van der Waals surface area contributed by atoms with Gasteiger partial charge in [0.1, 0.15) is 0 Å². The molecule has 0 aliphatic rings. The maximum Gasteiger partial charge on any atom is 0.338 e. The highest BCUT2D eigenvalue weighted by Gasteiger charge is 2.13. The van der Waals surface area contributed by atoms with Crippen molar-refractivity contribution in [1.29, 1.82) is 0 Å². The Kier molecular flexibility index (Phi) is 5.46. The maximum absolute atomic E-state index is 11.7. The number of hydrogen-bond acceptors (Lipinski definition) is 7. The van der Waals surface area contributed by atoms with E-state index in [0.29, 0.717) is 12.2 Å². The van der Waals surface area contributed by atoms with Gasteiger partial charge in [-0.05, 0) is 43.3 Å². The van der Waals surface area contributed by atoms with Crippen LogP contribution in [0.2, 0.25) is 0 Å². The Hall–Kier alpha value is -3.26. The second kappa shape index (κ2) is 7.96. The summed E-state index contributed by atoms with van der Waals surface area (Å²) in [5.74, 6) is -0.346. The zero-order chi connectivity index (χ0) is 19.4. The summed E-state index contributed by atoms with van der Waals surface area (Å²) < 4.78 is 4.98. The molecule has 0 N–H and O–H groups in total. The summed E-state index contributed by atoms with van der Waals surface area (Å²) in [4.78, 5) is 28.6. The number of rotatable bonds is 6. The summed E-state index contributed by atoms with van der Waals surface area (Å²) in [6, 6.07) is 13.4. The van der Waals surface area contributed by atoms with Crippen molar-refractivity contribution < 1.29 is 14.5 Å². The highest BCUT2D eigenvalue weighted by atomic mass is 32.1. The zero-order valence-electron chi connectivity index (χ0n) is 14.8. The van der Waals surface area contributed by atoms with Crippen molar-refractivity contribution in [2.24, 2.45) is 0 Å². The number of aromatic nitrogens is 1. The van der Waals surface area contributed by atoms with Gasteiger partial charge in [0, 0.05) is 35.8 Å². The summed E-state index contributed by atoms with van der Waals surface area (Å²) >= 11 is 1.47. The lowest BCUT2D eigenvalue weighted by molar-refractivity contribution is -0.384. The summed E-state index contributed by atoms with van der Waals surface area (Å²) in [6.45, 7) is 2.11. The first-order valence-electron chi connectivity index (χ1n) is 8.21. The van der Waals surface area contributed by atoms with Gasteiger partial charge in [-0.3, -0.25) is 10.1 Å². The molecule has 1 aromatic heterocycles. The topological polar surface area (TPSA) is 85.6 Å². The van der Waals surface area contributed by atoms with E-state index in [1.807, 2.05) is 29.5 Å². The van der Waals surface area contributed by atoms with E-state index in [-0.39, 0.29) is 11.7 Å². The first-order valence-corrected chi connectivity index (χ1v) is 9.09. The molecule has 3 aromatic rings. The minimum Gasteiger partial charge on any atom is -0.462 e. The van der Waals surface area contributed by atoms with E-state index in [2.05, 4.69) is 4.98 Å². The van der Waals surface area contributed by atoms with Crippen molar-refractivity contribution in [2.75, 3.05) is 18.6 Å². The number of ether oxygens (including phenoxy) is 1. The molecule has 2 aromatic carbocycles. The number of non-ortho nitro benzene ring substituents is 1. The largest absolute Gasteiger partial charge is 0.462 e. The standard InChI is InChI=1S/C19H17N3O4S/c1-3-26-18(23)14-6-8-15(9-7-14)21(2)19-20-17(12-27-19)13-4-10-16(11-5-13)22(24)25/h4-12H,3H2,1-2H3. The van der Waals surface area contributed by atoms with E-state index < -0.39 is 4.92 Å². The maximum atomic E-state index is 11.7. The lowest BCUT2D eigenvalue weighted by atomic mass is 10.1. The van der Waals surface area contributed by atoms with Crippen molar-refractivity contribution in [3.8, 4) is 11.3 Å². The number of benzene rings is 2. The number of esters is 1. The molecule has 0 bridgehead atoms. The van der Waals surface area contributed by atoms with E-state index in [1.165, 1.54) is 23.5 Å². The van der Waals surface area contributed by atoms with Crippen LogP contribution in [0.15, 0.2) is 53.9 Å². The third-order valence-corrected chi connectivity index (χ3v) is 4.84. The summed E-state index contributed by atoms with van der Waals surface area (Å²) in [6.07, 6.45) is 0. The number of thiazole rings is 1. The molecule has 0 aliphatic heterocycles. The first kappa shape index (κ1) is 18.5. The quantitative estimate of drug-likeness (QED) is 0.349. The molecule has 3 rings (SSSR count). The van der Waals surface area contributed by atoms with Crippen molar-refractivity contribution in [1.82, 2.24) is 4.98 Å². The van der Waals surface area contributed by atoms with Gasteiger partial charge in [-0.1, -0.05) is 0 Å². The van der Waals surface area contributed by atoms with Crippen LogP contribution in [-0.4, -0.2) is 29.5 Å². The van der Waals surface area contributed by atoms with E-state index in [9.17, 15) is 14.9 Å². The summed E-state index contributed by atoms with van der Waals surface area (Å²) in [5.41, 5.74) is 2.99. The van der Waals surface area contributed by atoms with Crippen LogP contribution in [0.1, 0.15) is 17.3 Å². The van der Waals surface area contributed by atoms with Gasteiger partial charge in [0.15, 0.2) is 5.13 Å². The van der Waals surface area contributed by atoms with E-state index in [0.717, 1.165) is 22.1 Å². The number of nitrogens with zero attached hydrogens (tertiary/aromatic N) is 3. The Morgan fingerprint density at radius 3 is 2.44 bits per heavy atom. The van der Waals surface area contributed by atoms with Gasteiger partial charge in [0.05, 0.1) is 22.8 Å². The lowest BCUT2D eigenvalue weighted by Crippen LogP contribution is -2.10. The Morgan fingerprint density at radius 2 is 1.85 bits per heavy atom. The Balaban J connectivity index is 1.77. The highest BCUT2D eigenvalue weighted by molar-refractivity contribution is 7.14. The monoisotopic (exact) mass is 383 g/mol. The molecule has 0 spiro atoms. The minimum atomic E-state index is -0.427. The molecule has 0 unspecified atom stereocenters. The molecule has 27 heavy (non-hydrogen) atoms. The molecule has 138 valence electrons. The van der Waals surface area contributed by atoms with Gasteiger partial charge in [0.25, 0.3) is 5.69 Å². The SMILES string of the molecule is CCOC(=O)c1ccc(N(C)c2nc(-c3ccc([N+](=O)[O-])cc3)cs2)cc1. The van der Waals surface area contributed by atoms with Gasteiger partial charge < -0.3 is 9.64 Å². The second-order valence-electron chi connectivity index (χ2n) is 5.65. The Morgan fingerprint density at radius 1 is 1.19 bits per heavy atom. The van der Waals surface area contributed by atoms with Crippen LogP contribution in [0.3, 0.4) is 0 Å². The summed E-state index contributed by atoms with van der Waals surface area (Å²) in [7, 11) is 1.89. The zero-order valence-corrected chi connectivity index (χ0v) is 15.6. The van der Waals surface area contributed by atoms with Gasteiger partial charge in [-0.25, -0.2) is 9.78 Å². The molecule has 0 atom stereocenters. The second-order valence-corrected chi connectivity index (χ2v) is 6.48. The number of anilines is 2.